The van der Waals surface area contributed by atoms with E-state index < -0.39 is 0 Å². The lowest BCUT2D eigenvalue weighted by molar-refractivity contribution is -0.115. The van der Waals surface area contributed by atoms with Gasteiger partial charge in [0.1, 0.15) is 0 Å². The van der Waals surface area contributed by atoms with E-state index in [2.05, 4.69) is 25.5 Å². The van der Waals surface area contributed by atoms with Crippen molar-refractivity contribution in [3.63, 3.8) is 0 Å². The van der Waals surface area contributed by atoms with Gasteiger partial charge in [0.25, 0.3) is 0 Å². The molecule has 0 spiro atoms. The number of benzene rings is 1. The third-order valence-corrected chi connectivity index (χ3v) is 4.68. The van der Waals surface area contributed by atoms with E-state index in [-0.39, 0.29) is 11.2 Å². The number of nitrogens with zero attached hydrogens (tertiary/aromatic N) is 3. The Hall–Kier alpha value is -3.07. The minimum atomic E-state index is -0.390. The summed E-state index contributed by atoms with van der Waals surface area (Å²) < 4.78 is 10.4. The van der Waals surface area contributed by atoms with Crippen molar-refractivity contribution < 1.29 is 14.3 Å². The summed E-state index contributed by atoms with van der Waals surface area (Å²) in [5.74, 6) is 1.61. The maximum absolute atomic E-state index is 12.5. The monoisotopic (exact) mass is 385 g/mol. The number of H-pyrrole nitrogens is 1. The van der Waals surface area contributed by atoms with Crippen LogP contribution in [0, 0.1) is 0 Å². The van der Waals surface area contributed by atoms with Crippen LogP contribution in [0.15, 0.2) is 47.9 Å². The summed E-state index contributed by atoms with van der Waals surface area (Å²) in [5, 5.41) is 10.00. The highest BCUT2D eigenvalue weighted by Crippen LogP contribution is 2.30. The molecule has 2 N–H and O–H groups in total. The standard InChI is InChI=1S/C18H19N5O3S/c1-11(17(24)20-13-4-5-14(25-2)15(10-13)26-3)27-18-21-16(22-23-18)12-6-8-19-9-7-12/h4-11H,1-3H3,(H,20,24)(H,21,22,23)/t11-/m1/s1. The first-order valence-electron chi connectivity index (χ1n) is 8.13. The molecule has 0 aliphatic heterocycles. The number of aromatic nitrogens is 4. The number of rotatable bonds is 7. The van der Waals surface area contributed by atoms with Crippen molar-refractivity contribution in [1.82, 2.24) is 20.2 Å². The second-order valence-corrected chi connectivity index (χ2v) is 6.83. The molecule has 0 radical (unpaired) electrons. The number of hydrogen-bond acceptors (Lipinski definition) is 7. The first-order valence-corrected chi connectivity index (χ1v) is 9.01. The van der Waals surface area contributed by atoms with Gasteiger partial charge in [0.2, 0.25) is 11.1 Å². The van der Waals surface area contributed by atoms with Gasteiger partial charge in [-0.3, -0.25) is 14.9 Å². The molecule has 0 aliphatic rings. The van der Waals surface area contributed by atoms with Gasteiger partial charge in [0.15, 0.2) is 17.3 Å². The van der Waals surface area contributed by atoms with Gasteiger partial charge in [-0.25, -0.2) is 4.98 Å². The van der Waals surface area contributed by atoms with Crippen LogP contribution in [-0.4, -0.2) is 45.5 Å². The van der Waals surface area contributed by atoms with Crippen LogP contribution in [0.2, 0.25) is 0 Å². The van der Waals surface area contributed by atoms with Crippen molar-refractivity contribution >= 4 is 23.4 Å². The van der Waals surface area contributed by atoms with E-state index in [0.29, 0.717) is 28.2 Å². The van der Waals surface area contributed by atoms with E-state index >= 15 is 0 Å². The van der Waals surface area contributed by atoms with Crippen molar-refractivity contribution in [3.8, 4) is 22.9 Å². The molecule has 1 amide bonds. The van der Waals surface area contributed by atoms with Crippen LogP contribution < -0.4 is 14.8 Å². The lowest BCUT2D eigenvalue weighted by Crippen LogP contribution is -2.22. The number of ether oxygens (including phenoxy) is 2. The largest absolute Gasteiger partial charge is 0.493 e. The lowest BCUT2D eigenvalue weighted by Gasteiger charge is -2.12. The van der Waals surface area contributed by atoms with Crippen molar-refractivity contribution in [2.24, 2.45) is 0 Å². The highest BCUT2D eigenvalue weighted by atomic mass is 32.2. The molecule has 9 heteroatoms. The number of amides is 1. The Labute approximate surface area is 160 Å². The maximum Gasteiger partial charge on any atom is 0.237 e. The van der Waals surface area contributed by atoms with Crippen LogP contribution in [0.4, 0.5) is 5.69 Å². The predicted octanol–water partition coefficient (Wildman–Crippen LogP) is 3.00. The van der Waals surface area contributed by atoms with E-state index in [1.54, 1.807) is 51.7 Å². The van der Waals surface area contributed by atoms with Gasteiger partial charge >= 0.3 is 0 Å². The molecule has 0 saturated carbocycles. The van der Waals surface area contributed by atoms with Crippen molar-refractivity contribution in [2.45, 2.75) is 17.3 Å². The Balaban J connectivity index is 1.64. The Bertz CT molecular complexity index is 916. The van der Waals surface area contributed by atoms with Crippen LogP contribution >= 0.6 is 11.8 Å². The summed E-state index contributed by atoms with van der Waals surface area (Å²) in [5.41, 5.74) is 1.50. The first-order chi connectivity index (χ1) is 13.1. The van der Waals surface area contributed by atoms with Crippen LogP contribution in [0.3, 0.4) is 0 Å². The van der Waals surface area contributed by atoms with Crippen molar-refractivity contribution in [3.05, 3.63) is 42.7 Å². The molecule has 3 rings (SSSR count). The molecule has 8 nitrogen and oxygen atoms in total. The number of thioether (sulfide) groups is 1. The maximum atomic E-state index is 12.5. The van der Waals surface area contributed by atoms with Gasteiger partial charge in [0.05, 0.1) is 19.5 Å². The summed E-state index contributed by atoms with van der Waals surface area (Å²) >= 11 is 1.27. The quantitative estimate of drug-likeness (QED) is 0.603. The zero-order valence-electron chi connectivity index (χ0n) is 15.1. The molecule has 3 aromatic rings. The van der Waals surface area contributed by atoms with E-state index in [9.17, 15) is 4.79 Å². The van der Waals surface area contributed by atoms with Crippen molar-refractivity contribution in [1.29, 1.82) is 0 Å². The molecule has 2 heterocycles. The molecular formula is C18H19N5O3S. The van der Waals surface area contributed by atoms with Crippen LogP contribution in [0.5, 0.6) is 11.5 Å². The molecular weight excluding hydrogens is 366 g/mol. The second-order valence-electron chi connectivity index (χ2n) is 5.52. The van der Waals surface area contributed by atoms with Gasteiger partial charge < -0.3 is 14.8 Å². The predicted molar refractivity (Wildman–Crippen MR) is 103 cm³/mol. The zero-order chi connectivity index (χ0) is 19.2. The number of methoxy groups -OCH3 is 2. The first kappa shape index (κ1) is 18.7. The van der Waals surface area contributed by atoms with Gasteiger partial charge in [-0.05, 0) is 31.2 Å². The highest BCUT2D eigenvalue weighted by Gasteiger charge is 2.18. The summed E-state index contributed by atoms with van der Waals surface area (Å²) in [6.07, 6.45) is 3.37. The molecule has 0 unspecified atom stereocenters. The number of carbonyl (C=O) groups is 1. The molecule has 2 aromatic heterocycles. The SMILES string of the molecule is COc1ccc(NC(=O)[C@@H](C)Sc2n[nH]c(-c3ccncc3)n2)cc1OC. The fourth-order valence-electron chi connectivity index (χ4n) is 2.31. The Morgan fingerprint density at radius 1 is 1.15 bits per heavy atom. The molecule has 1 aromatic carbocycles. The molecule has 0 aliphatic carbocycles. The Kier molecular flexibility index (Phi) is 5.92. The third-order valence-electron chi connectivity index (χ3n) is 3.72. The summed E-state index contributed by atoms with van der Waals surface area (Å²) in [7, 11) is 3.11. The summed E-state index contributed by atoms with van der Waals surface area (Å²) in [6, 6.07) is 8.88. The Morgan fingerprint density at radius 2 is 1.89 bits per heavy atom. The fraction of sp³-hybridized carbons (Fsp3) is 0.222. The highest BCUT2D eigenvalue weighted by molar-refractivity contribution is 8.00. The normalized spacial score (nSPS) is 11.7. The summed E-state index contributed by atoms with van der Waals surface area (Å²) in [4.78, 5) is 20.9. The number of nitrogens with one attached hydrogen (secondary N) is 2. The molecule has 0 bridgehead atoms. The zero-order valence-corrected chi connectivity index (χ0v) is 15.9. The molecule has 1 atom stereocenters. The van der Waals surface area contributed by atoms with Gasteiger partial charge in [-0.2, -0.15) is 0 Å². The van der Waals surface area contributed by atoms with Gasteiger partial charge in [-0.1, -0.05) is 11.8 Å². The number of anilines is 1. The average Bonchev–Trinajstić information content (AvgIpc) is 3.17. The van der Waals surface area contributed by atoms with E-state index in [0.717, 1.165) is 5.56 Å². The fourth-order valence-corrected chi connectivity index (χ4v) is 3.03. The van der Waals surface area contributed by atoms with E-state index in [1.807, 2.05) is 12.1 Å². The molecule has 0 fully saturated rings. The van der Waals surface area contributed by atoms with Crippen LogP contribution in [0.25, 0.3) is 11.4 Å². The number of pyridine rings is 1. The lowest BCUT2D eigenvalue weighted by atomic mass is 10.2. The van der Waals surface area contributed by atoms with Crippen molar-refractivity contribution in [2.75, 3.05) is 19.5 Å². The Morgan fingerprint density at radius 3 is 2.59 bits per heavy atom. The van der Waals surface area contributed by atoms with E-state index in [1.165, 1.54) is 11.8 Å². The minimum Gasteiger partial charge on any atom is -0.493 e. The number of carbonyl (C=O) groups excluding carboxylic acids is 1. The second kappa shape index (κ2) is 8.54. The van der Waals surface area contributed by atoms with Gasteiger partial charge in [-0.15, -0.1) is 5.10 Å². The number of hydrogen-bond donors (Lipinski definition) is 2. The molecule has 27 heavy (non-hydrogen) atoms. The van der Waals surface area contributed by atoms with Crippen LogP contribution in [0.1, 0.15) is 6.92 Å². The topological polar surface area (TPSA) is 102 Å². The minimum absolute atomic E-state index is 0.164. The van der Waals surface area contributed by atoms with E-state index in [4.69, 9.17) is 9.47 Å². The van der Waals surface area contributed by atoms with Crippen LogP contribution in [-0.2, 0) is 4.79 Å². The molecule has 0 saturated heterocycles. The number of aromatic amines is 1. The molecule has 140 valence electrons. The average molecular weight is 385 g/mol. The summed E-state index contributed by atoms with van der Waals surface area (Å²) in [6.45, 7) is 1.79. The van der Waals surface area contributed by atoms with Gasteiger partial charge in [0, 0.05) is 29.7 Å². The third kappa shape index (κ3) is 4.56. The smallest absolute Gasteiger partial charge is 0.237 e.